The molecule has 8 aliphatic heterocycles. The quantitative estimate of drug-likeness (QED) is 0.0199. The Kier molecular flexibility index (Phi) is 48.8. The zero-order valence-corrected chi connectivity index (χ0v) is 85.2. The Hall–Kier alpha value is -5.19. The minimum Gasteiger partial charge on any atom is -0.479 e. The molecule has 83 heteroatoms. The van der Waals surface area contributed by atoms with E-state index >= 15 is 0 Å². The number of hydrogen-bond donors (Lipinski definition) is 27. The topological polar surface area (TPSA) is 1080 Å². The summed E-state index contributed by atoms with van der Waals surface area (Å²) in [4.78, 5) is 101. The molecule has 40 atom stereocenters. The highest BCUT2D eigenvalue weighted by Crippen LogP contribution is 2.42. The van der Waals surface area contributed by atoms with Gasteiger partial charge in [-0.25, -0.2) is 47.8 Å². The van der Waals surface area contributed by atoms with E-state index in [1.165, 1.54) is 13.8 Å². The molecule has 40 unspecified atom stereocenters. The number of methoxy groups -OCH3 is 2. The number of thiol groups is 3. The van der Waals surface area contributed by atoms with Gasteiger partial charge in [0.05, 0.1) is 50.7 Å². The molecular weight excluding hydrogens is 2260 g/mol. The fourth-order valence-electron chi connectivity index (χ4n) is 15.4. The van der Waals surface area contributed by atoms with E-state index in [0.717, 1.165) is 53.4 Å². The Balaban J connectivity index is 0.000000433. The van der Waals surface area contributed by atoms with Gasteiger partial charge >= 0.3 is 101 Å². The molecule has 0 aromatic heterocycles. The predicted molar refractivity (Wildman–Crippen MR) is 463 cm³/mol. The first-order valence-corrected chi connectivity index (χ1v) is 53.9. The van der Waals surface area contributed by atoms with E-state index in [-0.39, 0.29) is 12.3 Å². The van der Waals surface area contributed by atoms with E-state index in [0.29, 0.717) is 0 Å². The highest BCUT2D eigenvalue weighted by molar-refractivity contribution is 7.84. The summed E-state index contributed by atoms with van der Waals surface area (Å²) in [6, 6.07) is -7.61. The summed E-state index contributed by atoms with van der Waals surface area (Å²) < 4.78 is 389. The van der Waals surface area contributed by atoms with Gasteiger partial charge in [0, 0.05) is 54.2 Å². The van der Waals surface area contributed by atoms with Crippen molar-refractivity contribution in [3.63, 3.8) is 0 Å². The van der Waals surface area contributed by atoms with Crippen LogP contribution in [0, 0.1) is 0 Å². The Morgan fingerprint density at radius 2 is 0.497 bits per heavy atom. The van der Waals surface area contributed by atoms with Gasteiger partial charge in [-0.05, 0) is 25.4 Å². The molecule has 0 spiro atoms. The van der Waals surface area contributed by atoms with Gasteiger partial charge in [-0.3, -0.25) is 60.4 Å². The molecule has 5 amide bonds. The Morgan fingerprint density at radius 3 is 0.721 bits per heavy atom. The molecule has 147 heavy (non-hydrogen) atoms. The van der Waals surface area contributed by atoms with Crippen LogP contribution in [0.25, 0.3) is 0 Å². The maximum absolute atomic E-state index is 14.0. The van der Waals surface area contributed by atoms with Gasteiger partial charge in [0.25, 0.3) is 5.91 Å². The molecule has 8 fully saturated rings. The van der Waals surface area contributed by atoms with Crippen LogP contribution in [0.2, 0.25) is 0 Å². The number of hydrogen-bond acceptors (Lipinski definition) is 59. The third kappa shape index (κ3) is 39.0. The van der Waals surface area contributed by atoms with Crippen molar-refractivity contribution in [1.82, 2.24) is 26.6 Å². The number of amides is 5. The van der Waals surface area contributed by atoms with Crippen molar-refractivity contribution in [3.05, 3.63) is 0 Å². The molecule has 8 saturated heterocycles. The van der Waals surface area contributed by atoms with Gasteiger partial charge in [-0.15, -0.1) is 0 Å². The third-order valence-electron chi connectivity index (χ3n) is 21.1. The van der Waals surface area contributed by atoms with Crippen molar-refractivity contribution < 1.29 is 308 Å². The maximum atomic E-state index is 14.0. The van der Waals surface area contributed by atoms with E-state index < -0.39 is 402 Å². The second kappa shape index (κ2) is 54.9. The Bertz CT molecular complexity index is 5400. The molecule has 72 nitrogen and oxygen atoms in total. The summed E-state index contributed by atoms with van der Waals surface area (Å²) in [5.41, 5.74) is 0. The molecule has 856 valence electrons. The molecule has 0 aromatic carbocycles. The van der Waals surface area contributed by atoms with E-state index in [1.807, 2.05) is 0 Å². The average Bonchev–Trinajstić information content (AvgIpc) is 0.757. The van der Waals surface area contributed by atoms with Gasteiger partial charge in [-0.1, -0.05) is 0 Å². The molecule has 0 radical (unpaired) electrons. The normalized spacial score (nSPS) is 37.4. The van der Waals surface area contributed by atoms with Gasteiger partial charge < -0.3 is 159 Å². The first kappa shape index (κ1) is 130. The lowest BCUT2D eigenvalue weighted by Crippen LogP contribution is -2.71. The number of aliphatic hydroxyl groups excluding tert-OH is 8. The highest BCUT2D eigenvalue weighted by atomic mass is 32.3. The third-order valence-corrected chi connectivity index (χ3v) is 25.7. The minimum absolute atomic E-state index is 0.116. The second-order valence-corrected chi connectivity index (χ2v) is 41.6. The van der Waals surface area contributed by atoms with Gasteiger partial charge in [-0.2, -0.15) is 105 Å². The smallest absolute Gasteiger partial charge is 0.397 e. The molecule has 8 rings (SSSR count). The molecule has 8 heterocycles. The maximum Gasteiger partial charge on any atom is 0.397 e. The first-order chi connectivity index (χ1) is 67.5. The summed E-state index contributed by atoms with van der Waals surface area (Å²) in [6.45, 7) is 0.354. The number of carboxylic acids is 3. The number of carbonyl (C=O) groups excluding carboxylic acids is 5. The molecule has 0 aromatic rings. The predicted octanol–water partition coefficient (Wildman–Crippen LogP) is -15.7. The van der Waals surface area contributed by atoms with Crippen LogP contribution in [0.1, 0.15) is 41.5 Å². The zero-order chi connectivity index (χ0) is 112. The highest BCUT2D eigenvalue weighted by Gasteiger charge is 2.64. The largest absolute Gasteiger partial charge is 0.479 e. The second-order valence-electron chi connectivity index (χ2n) is 31.7. The molecule has 24 N–H and O–H groups in total. The lowest BCUT2D eigenvalue weighted by molar-refractivity contribution is -0.363. The summed E-state index contributed by atoms with van der Waals surface area (Å²) in [6.07, 6.45) is -84.6. The van der Waals surface area contributed by atoms with Gasteiger partial charge in [0.2, 0.25) is 23.6 Å². The lowest BCUT2D eigenvalue weighted by atomic mass is 9.92. The molecule has 8 aliphatic rings. The van der Waals surface area contributed by atoms with E-state index in [9.17, 15) is 189 Å². The fourth-order valence-corrected chi connectivity index (χ4v) is 18.6. The lowest BCUT2D eigenvalue weighted by Gasteiger charge is -2.50. The van der Waals surface area contributed by atoms with E-state index in [1.54, 1.807) is 0 Å². The number of ether oxygens (including phenoxy) is 16. The number of nitrogens with one attached hydrogen (secondary N) is 5. The average molecular weight is 2370 g/mol. The summed E-state index contributed by atoms with van der Waals surface area (Å²) in [5, 5.41) is 133. The van der Waals surface area contributed by atoms with Crippen LogP contribution < -0.4 is 26.6 Å². The van der Waals surface area contributed by atoms with Crippen molar-refractivity contribution in [2.24, 2.45) is 0 Å². The van der Waals surface area contributed by atoms with Crippen LogP contribution >= 0.6 is 37.9 Å². The van der Waals surface area contributed by atoms with Crippen molar-refractivity contribution in [2.75, 3.05) is 64.5 Å². The van der Waals surface area contributed by atoms with Crippen LogP contribution in [0.4, 0.5) is 0 Å². The van der Waals surface area contributed by atoms with E-state index in [2.05, 4.69) is 93.8 Å². The Labute approximate surface area is 848 Å². The zero-order valence-electron chi connectivity index (χ0n) is 76.0. The standard InChI is InChI=1S/C32H53N3O33S5.C30H48N2O34S4.C2H6S2/c1-9-14(34-10(2)36)20(16(38)12(60-9)7-58-70(45,46)47)62-31-25(68-73(54,55)56)19(41)23(26(65-31)28(42)33-5-6-69)64-30-15(35-11(3)37)21(17(39)13(61-30)8-59-71(48,49)50)63-32-24(67-72(51,52)53)18(40)22(57-4)27(66-32)29(43)44;1-7-12(31-8(2)33)18(14(35)10(58-7)5-56-67(43,44)45)60-30-23(66-70(52,53)54)17(38)21(25(64-30)27(41)42)62-28-13(32-9(3)34)19(15(36)11(59-28)6-57-68(46,47)48)61-29-22(65-69(49,50)51)16(37)20(55-4)24(63-29)26(39)40;3-1-2-4/h9,12-27,30-32,38-41,69H,5-8H2,1-4H3,(H,33,42)(H,34,36)(H,35,37)(H,43,44)(H,45,46,47)(H,48,49,50)(H,51,52,53)(H,54,55,56);7,10-25,28-30,35-38H,5-6H2,1-4H3,(H,31,33)(H,32,34)(H,39,40)(H,41,42)(H,43,44,45)(H,46,47,48)(H,49,50,51)(H,52,53,54);3-4H,1-2H2. The molecule has 0 aliphatic carbocycles. The van der Waals surface area contributed by atoms with E-state index in [4.69, 9.17) is 89.1 Å². The van der Waals surface area contributed by atoms with Crippen molar-refractivity contribution in [1.29, 1.82) is 0 Å². The van der Waals surface area contributed by atoms with Crippen LogP contribution in [0.5, 0.6) is 0 Å². The van der Waals surface area contributed by atoms with Crippen LogP contribution in [0.15, 0.2) is 0 Å². The fraction of sp³-hybridized carbons (Fsp3) is 0.875. The number of carbonyl (C=O) groups is 8. The molecule has 0 saturated carbocycles. The minimum atomic E-state index is -5.84. The van der Waals surface area contributed by atoms with Crippen molar-refractivity contribution in [2.45, 2.75) is 287 Å². The molecule has 0 bridgehead atoms. The van der Waals surface area contributed by atoms with Crippen LogP contribution in [0.3, 0.4) is 0 Å². The number of rotatable bonds is 45. The summed E-state index contributed by atoms with van der Waals surface area (Å²) >= 11 is 11.7. The van der Waals surface area contributed by atoms with Crippen molar-refractivity contribution in [3.8, 4) is 0 Å². The van der Waals surface area contributed by atoms with Crippen LogP contribution in [-0.4, -0.2) is 517 Å². The number of carboxylic acid groups (broad SMARTS) is 3. The Morgan fingerprint density at radius 1 is 0.279 bits per heavy atom. The van der Waals surface area contributed by atoms with Gasteiger partial charge in [0.15, 0.2) is 86.6 Å². The van der Waals surface area contributed by atoms with Crippen molar-refractivity contribution >= 4 is 169 Å². The summed E-state index contributed by atoms with van der Waals surface area (Å²) in [5.74, 6) is -9.68. The number of aliphatic carboxylic acids is 3. The SMILES string of the molecule is COC1C(C(=O)O)OC(OC2C(O)C(COS(=O)(=O)O)OC(OC3C(C(=O)NCCS)OC(OC4C(O)C(COS(=O)(=O)O)OC(C)C4NC(C)=O)C(OS(=O)(=O)O)C3O)C2NC(C)=O)C(OS(=O)(=O)O)C1O.COC1C(C(=O)O)OC(OC2C(O)C(COS(=O)(=O)O)OC(OC3C(C(=O)O)OC(OC4C(O)C(COS(=O)(=O)O)OC(C)C4NC(C)=O)C(OS(=O)(=O)O)C3O)C2NC(C)=O)C(OS(=O)(=O)O)C1O.SCCS. The monoisotopic (exact) mass is 2370 g/mol. The first-order valence-electron chi connectivity index (χ1n) is 41.1. The summed E-state index contributed by atoms with van der Waals surface area (Å²) in [7, 11) is -42.6. The number of aliphatic hydroxyl groups is 8. The van der Waals surface area contributed by atoms with Crippen LogP contribution in [-0.2, 0) is 231 Å². The molecular formula is C64H107N5O67S11. The van der Waals surface area contributed by atoms with Gasteiger partial charge in [0.1, 0.15) is 134 Å².